The van der Waals surface area contributed by atoms with Crippen molar-refractivity contribution in [3.05, 3.63) is 35.0 Å². The van der Waals surface area contributed by atoms with Crippen molar-refractivity contribution in [2.45, 2.75) is 13.8 Å². The van der Waals surface area contributed by atoms with Crippen LogP contribution in [0, 0.1) is 13.8 Å². The maximum atomic E-state index is 12.3. The second kappa shape index (κ2) is 5.45. The lowest BCUT2D eigenvalue weighted by molar-refractivity contribution is 0.0952. The van der Waals surface area contributed by atoms with E-state index in [1.807, 2.05) is 45.0 Å². The molecule has 2 N–H and O–H groups in total. The summed E-state index contributed by atoms with van der Waals surface area (Å²) in [6.45, 7) is 5.48. The number of carbonyl (C=O) groups is 1. The zero-order chi connectivity index (χ0) is 14.0. The van der Waals surface area contributed by atoms with Gasteiger partial charge in [0.15, 0.2) is 0 Å². The van der Waals surface area contributed by atoms with Gasteiger partial charge in [-0.1, -0.05) is 12.1 Å². The molecule has 1 heterocycles. The van der Waals surface area contributed by atoms with E-state index in [1.54, 1.807) is 0 Å². The molecule has 1 amide bonds. The zero-order valence-electron chi connectivity index (χ0n) is 12.0. The summed E-state index contributed by atoms with van der Waals surface area (Å²) in [6.07, 6.45) is 0. The number of nitrogens with zero attached hydrogens (tertiary/aromatic N) is 1. The van der Waals surface area contributed by atoms with Crippen LogP contribution in [0.2, 0.25) is 0 Å². The molecule has 0 saturated carbocycles. The van der Waals surface area contributed by atoms with Gasteiger partial charge >= 0.3 is 0 Å². The third-order valence-electron chi connectivity index (χ3n) is 3.21. The van der Waals surface area contributed by atoms with E-state index in [0.29, 0.717) is 6.54 Å². The first kappa shape index (κ1) is 13.6. The Kier molecular flexibility index (Phi) is 3.90. The summed E-state index contributed by atoms with van der Waals surface area (Å²) in [5.41, 5.74) is 3.89. The average molecular weight is 259 g/mol. The molecule has 0 spiro atoms. The van der Waals surface area contributed by atoms with Gasteiger partial charge in [-0.25, -0.2) is 0 Å². The second-order valence-corrected chi connectivity index (χ2v) is 5.23. The lowest BCUT2D eigenvalue weighted by Crippen LogP contribution is -2.31. The summed E-state index contributed by atoms with van der Waals surface area (Å²) < 4.78 is 0. The van der Waals surface area contributed by atoms with Crippen molar-refractivity contribution in [1.82, 2.24) is 15.2 Å². The van der Waals surface area contributed by atoms with Crippen LogP contribution in [0.15, 0.2) is 18.2 Å². The number of benzene rings is 1. The molecule has 0 aliphatic rings. The maximum absolute atomic E-state index is 12.3. The molecule has 102 valence electrons. The topological polar surface area (TPSA) is 48.1 Å². The Morgan fingerprint density at radius 1 is 1.32 bits per heavy atom. The lowest BCUT2D eigenvalue weighted by atomic mass is 10.1. The quantitative estimate of drug-likeness (QED) is 0.883. The molecule has 0 aliphatic carbocycles. The number of hydrogen-bond donors (Lipinski definition) is 2. The van der Waals surface area contributed by atoms with Crippen LogP contribution in [-0.4, -0.2) is 43.0 Å². The van der Waals surface area contributed by atoms with Crippen LogP contribution in [0.25, 0.3) is 10.9 Å². The Balaban J connectivity index is 2.24. The first-order valence-corrected chi connectivity index (χ1v) is 6.51. The summed E-state index contributed by atoms with van der Waals surface area (Å²) in [4.78, 5) is 17.6. The number of rotatable bonds is 4. The van der Waals surface area contributed by atoms with Crippen LogP contribution < -0.4 is 5.32 Å². The molecule has 1 aromatic carbocycles. The summed E-state index contributed by atoms with van der Waals surface area (Å²) in [6, 6.07) is 6.11. The van der Waals surface area contributed by atoms with E-state index in [9.17, 15) is 4.79 Å². The summed E-state index contributed by atoms with van der Waals surface area (Å²) in [7, 11) is 3.98. The Labute approximate surface area is 113 Å². The first-order valence-electron chi connectivity index (χ1n) is 6.51. The SMILES string of the molecule is Cc1ccc2c(C(=O)NCCN(C)C)c(C)[nH]c2c1. The molecular weight excluding hydrogens is 238 g/mol. The smallest absolute Gasteiger partial charge is 0.253 e. The lowest BCUT2D eigenvalue weighted by Gasteiger charge is -2.10. The van der Waals surface area contributed by atoms with Crippen LogP contribution in [0.3, 0.4) is 0 Å². The van der Waals surface area contributed by atoms with Gasteiger partial charge in [-0.05, 0) is 39.6 Å². The van der Waals surface area contributed by atoms with Gasteiger partial charge in [-0.3, -0.25) is 4.79 Å². The number of aryl methyl sites for hydroxylation is 2. The van der Waals surface area contributed by atoms with E-state index in [4.69, 9.17) is 0 Å². The molecule has 0 radical (unpaired) electrons. The molecule has 4 nitrogen and oxygen atoms in total. The van der Waals surface area contributed by atoms with Crippen LogP contribution in [0.4, 0.5) is 0 Å². The molecule has 2 aromatic rings. The molecule has 19 heavy (non-hydrogen) atoms. The fourth-order valence-corrected chi connectivity index (χ4v) is 2.22. The van der Waals surface area contributed by atoms with Crippen LogP contribution in [-0.2, 0) is 0 Å². The highest BCUT2D eigenvalue weighted by atomic mass is 16.1. The number of likely N-dealkylation sites (N-methyl/N-ethyl adjacent to an activating group) is 1. The van der Waals surface area contributed by atoms with Gasteiger partial charge in [0.2, 0.25) is 0 Å². The third-order valence-corrected chi connectivity index (χ3v) is 3.21. The number of carbonyl (C=O) groups excluding carboxylic acids is 1. The minimum absolute atomic E-state index is 0.00514. The van der Waals surface area contributed by atoms with Gasteiger partial charge in [0.05, 0.1) is 5.56 Å². The monoisotopic (exact) mass is 259 g/mol. The van der Waals surface area contributed by atoms with Gasteiger partial charge in [-0.2, -0.15) is 0 Å². The number of aromatic amines is 1. The predicted molar refractivity (Wildman–Crippen MR) is 78.7 cm³/mol. The zero-order valence-corrected chi connectivity index (χ0v) is 12.0. The Hall–Kier alpha value is -1.81. The van der Waals surface area contributed by atoms with Crippen molar-refractivity contribution < 1.29 is 4.79 Å². The standard InChI is InChI=1S/C15H21N3O/c1-10-5-6-12-13(9-10)17-11(2)14(12)15(19)16-7-8-18(3)4/h5-6,9,17H,7-8H2,1-4H3,(H,16,19). The molecule has 0 bridgehead atoms. The van der Waals surface area contributed by atoms with E-state index < -0.39 is 0 Å². The van der Waals surface area contributed by atoms with E-state index in [0.717, 1.165) is 28.7 Å². The number of nitrogens with one attached hydrogen (secondary N) is 2. The highest BCUT2D eigenvalue weighted by Crippen LogP contribution is 2.22. The highest BCUT2D eigenvalue weighted by Gasteiger charge is 2.15. The van der Waals surface area contributed by atoms with E-state index >= 15 is 0 Å². The molecule has 2 rings (SSSR count). The minimum atomic E-state index is -0.00514. The fraction of sp³-hybridized carbons (Fsp3) is 0.400. The summed E-state index contributed by atoms with van der Waals surface area (Å²) in [5.74, 6) is -0.00514. The third kappa shape index (κ3) is 2.96. The average Bonchev–Trinajstić information content (AvgIpc) is 2.63. The van der Waals surface area contributed by atoms with Crippen molar-refractivity contribution in [3.8, 4) is 0 Å². The van der Waals surface area contributed by atoms with Gasteiger partial charge in [0.1, 0.15) is 0 Å². The van der Waals surface area contributed by atoms with Crippen molar-refractivity contribution in [1.29, 1.82) is 0 Å². The summed E-state index contributed by atoms with van der Waals surface area (Å²) >= 11 is 0. The van der Waals surface area contributed by atoms with Gasteiger partial charge in [-0.15, -0.1) is 0 Å². The van der Waals surface area contributed by atoms with Crippen LogP contribution >= 0.6 is 0 Å². The van der Waals surface area contributed by atoms with E-state index in [2.05, 4.69) is 16.4 Å². The second-order valence-electron chi connectivity index (χ2n) is 5.23. The Bertz CT molecular complexity index is 599. The predicted octanol–water partition coefficient (Wildman–Crippen LogP) is 2.08. The first-order chi connectivity index (χ1) is 8.99. The van der Waals surface area contributed by atoms with E-state index in [-0.39, 0.29) is 5.91 Å². The summed E-state index contributed by atoms with van der Waals surface area (Å²) in [5, 5.41) is 3.95. The van der Waals surface area contributed by atoms with E-state index in [1.165, 1.54) is 5.56 Å². The molecule has 0 fully saturated rings. The highest BCUT2D eigenvalue weighted by molar-refractivity contribution is 6.08. The van der Waals surface area contributed by atoms with Crippen LogP contribution in [0.5, 0.6) is 0 Å². The normalized spacial score (nSPS) is 11.2. The number of aromatic nitrogens is 1. The van der Waals surface area contributed by atoms with Crippen LogP contribution in [0.1, 0.15) is 21.6 Å². The van der Waals surface area contributed by atoms with Crippen molar-refractivity contribution >= 4 is 16.8 Å². The number of fused-ring (bicyclic) bond motifs is 1. The number of hydrogen-bond acceptors (Lipinski definition) is 2. The van der Waals surface area contributed by atoms with Gasteiger partial charge in [0.25, 0.3) is 5.91 Å². The Morgan fingerprint density at radius 3 is 2.74 bits per heavy atom. The van der Waals surface area contributed by atoms with Gasteiger partial charge in [0, 0.05) is 29.7 Å². The van der Waals surface area contributed by atoms with Crippen molar-refractivity contribution in [2.24, 2.45) is 0 Å². The molecule has 1 aromatic heterocycles. The largest absolute Gasteiger partial charge is 0.358 e. The fourth-order valence-electron chi connectivity index (χ4n) is 2.22. The molecule has 4 heteroatoms. The molecule has 0 unspecified atom stereocenters. The molecule has 0 atom stereocenters. The maximum Gasteiger partial charge on any atom is 0.253 e. The number of H-pyrrole nitrogens is 1. The Morgan fingerprint density at radius 2 is 2.05 bits per heavy atom. The molecule has 0 aliphatic heterocycles. The van der Waals surface area contributed by atoms with Crippen molar-refractivity contribution in [3.63, 3.8) is 0 Å². The van der Waals surface area contributed by atoms with Crippen molar-refractivity contribution in [2.75, 3.05) is 27.2 Å². The minimum Gasteiger partial charge on any atom is -0.358 e. The number of amides is 1. The molecule has 0 saturated heterocycles. The molecular formula is C15H21N3O. The van der Waals surface area contributed by atoms with Gasteiger partial charge < -0.3 is 15.2 Å².